The molecule has 0 aliphatic heterocycles. The van der Waals surface area contributed by atoms with E-state index in [4.69, 9.17) is 10.5 Å². The molecule has 0 saturated heterocycles. The maximum Gasteiger partial charge on any atom is 0.372 e. The van der Waals surface area contributed by atoms with Gasteiger partial charge in [0.1, 0.15) is 12.1 Å². The van der Waals surface area contributed by atoms with E-state index < -0.39 is 10.6 Å². The molecular weight excluding hydrogens is 262 g/mol. The summed E-state index contributed by atoms with van der Waals surface area (Å²) < 4.78 is 5.44. The lowest BCUT2D eigenvalue weighted by molar-refractivity contribution is -0.385. The number of hydrogen-bond donors (Lipinski definition) is 1. The monoisotopic (exact) mass is 275 g/mol. The summed E-state index contributed by atoms with van der Waals surface area (Å²) in [7, 11) is 3.76. The van der Waals surface area contributed by atoms with Crippen LogP contribution in [-0.4, -0.2) is 29.0 Å². The Labute approximate surface area is 115 Å². The molecule has 1 aromatic carbocycles. The summed E-state index contributed by atoms with van der Waals surface area (Å²) >= 11 is 0. The summed E-state index contributed by atoms with van der Waals surface area (Å²) in [5.41, 5.74) is 5.93. The third-order valence-corrected chi connectivity index (χ3v) is 2.55. The van der Waals surface area contributed by atoms with Crippen LogP contribution >= 0.6 is 0 Å². The SMILES string of the molecule is CN(C)c1cccc(Oc2ncnc(N)c2[N+](=O)[O-])c1. The summed E-state index contributed by atoms with van der Waals surface area (Å²) in [5, 5.41) is 11.0. The lowest BCUT2D eigenvalue weighted by Crippen LogP contribution is -2.08. The fraction of sp³-hybridized carbons (Fsp3) is 0.167. The van der Waals surface area contributed by atoms with Gasteiger partial charge in [-0.25, -0.2) is 4.98 Å². The van der Waals surface area contributed by atoms with Gasteiger partial charge in [0.05, 0.1) is 4.92 Å². The van der Waals surface area contributed by atoms with Gasteiger partial charge in [-0.15, -0.1) is 0 Å². The van der Waals surface area contributed by atoms with E-state index in [1.54, 1.807) is 18.2 Å². The Balaban J connectivity index is 2.38. The average Bonchev–Trinajstić information content (AvgIpc) is 2.38. The summed E-state index contributed by atoms with van der Waals surface area (Å²) in [6, 6.07) is 7.08. The van der Waals surface area contributed by atoms with Crippen molar-refractivity contribution in [3.8, 4) is 11.6 Å². The van der Waals surface area contributed by atoms with Gasteiger partial charge >= 0.3 is 11.6 Å². The van der Waals surface area contributed by atoms with E-state index in [9.17, 15) is 10.1 Å². The van der Waals surface area contributed by atoms with Gasteiger partial charge in [0.15, 0.2) is 0 Å². The number of nitrogens with zero attached hydrogens (tertiary/aromatic N) is 4. The fourth-order valence-electron chi connectivity index (χ4n) is 1.56. The standard InChI is InChI=1S/C12H13N5O3/c1-16(2)8-4-3-5-9(6-8)20-12-10(17(18)19)11(13)14-7-15-12/h3-7H,1-2H3,(H2,13,14,15). The molecule has 0 saturated carbocycles. The van der Waals surface area contributed by atoms with Crippen molar-refractivity contribution in [2.75, 3.05) is 24.7 Å². The van der Waals surface area contributed by atoms with Gasteiger partial charge < -0.3 is 15.4 Å². The third kappa shape index (κ3) is 2.74. The average molecular weight is 275 g/mol. The highest BCUT2D eigenvalue weighted by Crippen LogP contribution is 2.33. The van der Waals surface area contributed by atoms with Crippen molar-refractivity contribution in [3.63, 3.8) is 0 Å². The molecule has 2 aromatic rings. The predicted molar refractivity (Wildman–Crippen MR) is 73.9 cm³/mol. The molecule has 8 nitrogen and oxygen atoms in total. The van der Waals surface area contributed by atoms with Crippen molar-refractivity contribution in [2.24, 2.45) is 0 Å². The Morgan fingerprint density at radius 1 is 1.35 bits per heavy atom. The molecule has 1 aromatic heterocycles. The van der Waals surface area contributed by atoms with Crippen LogP contribution < -0.4 is 15.4 Å². The Kier molecular flexibility index (Phi) is 3.65. The van der Waals surface area contributed by atoms with Crippen LogP contribution in [0.1, 0.15) is 0 Å². The fourth-order valence-corrected chi connectivity index (χ4v) is 1.56. The molecule has 0 aliphatic carbocycles. The molecule has 2 rings (SSSR count). The number of nitrogen functional groups attached to an aromatic ring is 1. The van der Waals surface area contributed by atoms with Crippen molar-refractivity contribution in [1.82, 2.24) is 9.97 Å². The van der Waals surface area contributed by atoms with Gasteiger partial charge in [-0.3, -0.25) is 10.1 Å². The van der Waals surface area contributed by atoms with Crippen molar-refractivity contribution >= 4 is 17.2 Å². The van der Waals surface area contributed by atoms with Gasteiger partial charge in [-0.1, -0.05) is 6.07 Å². The number of hydrogen-bond acceptors (Lipinski definition) is 7. The van der Waals surface area contributed by atoms with Crippen LogP contribution in [0, 0.1) is 10.1 Å². The second-order valence-electron chi connectivity index (χ2n) is 4.16. The Bertz CT molecular complexity index is 645. The first-order valence-corrected chi connectivity index (χ1v) is 5.69. The lowest BCUT2D eigenvalue weighted by atomic mass is 10.3. The van der Waals surface area contributed by atoms with Crippen LogP contribution in [0.15, 0.2) is 30.6 Å². The minimum Gasteiger partial charge on any atom is -0.433 e. The van der Waals surface area contributed by atoms with Crippen LogP contribution in [0.4, 0.5) is 17.2 Å². The number of nitro groups is 1. The van der Waals surface area contributed by atoms with Gasteiger partial charge in [0.2, 0.25) is 5.82 Å². The van der Waals surface area contributed by atoms with Crippen LogP contribution in [0.3, 0.4) is 0 Å². The van der Waals surface area contributed by atoms with Crippen molar-refractivity contribution in [2.45, 2.75) is 0 Å². The first kappa shape index (κ1) is 13.5. The zero-order valence-electron chi connectivity index (χ0n) is 11.0. The van der Waals surface area contributed by atoms with Gasteiger partial charge in [0, 0.05) is 25.8 Å². The molecule has 0 amide bonds. The molecule has 2 N–H and O–H groups in total. The van der Waals surface area contributed by atoms with E-state index in [0.29, 0.717) is 5.75 Å². The number of benzene rings is 1. The molecule has 0 radical (unpaired) electrons. The second kappa shape index (κ2) is 5.39. The van der Waals surface area contributed by atoms with E-state index in [2.05, 4.69) is 9.97 Å². The second-order valence-corrected chi connectivity index (χ2v) is 4.16. The summed E-state index contributed by atoms with van der Waals surface area (Å²) in [4.78, 5) is 19.5. The number of ether oxygens (including phenoxy) is 1. The number of anilines is 2. The van der Waals surface area contributed by atoms with E-state index in [-0.39, 0.29) is 11.7 Å². The molecule has 0 atom stereocenters. The third-order valence-electron chi connectivity index (χ3n) is 2.55. The lowest BCUT2D eigenvalue weighted by Gasteiger charge is -2.13. The Hall–Kier alpha value is -2.90. The smallest absolute Gasteiger partial charge is 0.372 e. The number of aromatic nitrogens is 2. The molecule has 0 unspecified atom stereocenters. The number of nitrogens with two attached hydrogens (primary N) is 1. The van der Waals surface area contributed by atoms with Crippen molar-refractivity contribution < 1.29 is 9.66 Å². The van der Waals surface area contributed by atoms with Gasteiger partial charge in [0.25, 0.3) is 0 Å². The quantitative estimate of drug-likeness (QED) is 0.669. The predicted octanol–water partition coefficient (Wildman–Crippen LogP) is 1.83. The van der Waals surface area contributed by atoms with Crippen LogP contribution in [0.2, 0.25) is 0 Å². The van der Waals surface area contributed by atoms with Gasteiger partial charge in [-0.2, -0.15) is 4.98 Å². The summed E-state index contributed by atoms with van der Waals surface area (Å²) in [6.07, 6.45) is 1.12. The molecule has 104 valence electrons. The highest BCUT2D eigenvalue weighted by atomic mass is 16.6. The minimum atomic E-state index is -0.666. The normalized spacial score (nSPS) is 10.1. The van der Waals surface area contributed by atoms with Crippen LogP contribution in [-0.2, 0) is 0 Å². The molecule has 0 bridgehead atoms. The van der Waals surface area contributed by atoms with E-state index in [1.807, 2.05) is 25.1 Å². The highest BCUT2D eigenvalue weighted by Gasteiger charge is 2.23. The topological polar surface area (TPSA) is 107 Å². The van der Waals surface area contributed by atoms with Crippen molar-refractivity contribution in [3.05, 3.63) is 40.7 Å². The minimum absolute atomic E-state index is 0.182. The Morgan fingerprint density at radius 2 is 2.10 bits per heavy atom. The molecule has 0 spiro atoms. The van der Waals surface area contributed by atoms with E-state index >= 15 is 0 Å². The zero-order chi connectivity index (χ0) is 14.7. The molecule has 1 heterocycles. The first-order chi connectivity index (χ1) is 9.49. The first-order valence-electron chi connectivity index (χ1n) is 5.69. The Morgan fingerprint density at radius 3 is 2.75 bits per heavy atom. The zero-order valence-corrected chi connectivity index (χ0v) is 11.0. The van der Waals surface area contributed by atoms with E-state index in [0.717, 1.165) is 12.0 Å². The molecule has 8 heteroatoms. The molecular formula is C12H13N5O3. The highest BCUT2D eigenvalue weighted by molar-refractivity contribution is 5.59. The summed E-state index contributed by atoms with van der Waals surface area (Å²) in [6.45, 7) is 0. The van der Waals surface area contributed by atoms with Crippen LogP contribution in [0.5, 0.6) is 11.6 Å². The molecule has 0 aliphatic rings. The van der Waals surface area contributed by atoms with Crippen LogP contribution in [0.25, 0.3) is 0 Å². The summed E-state index contributed by atoms with van der Waals surface area (Å²) in [5.74, 6) is 0.0135. The van der Waals surface area contributed by atoms with Crippen molar-refractivity contribution in [1.29, 1.82) is 0 Å². The number of rotatable bonds is 4. The van der Waals surface area contributed by atoms with Gasteiger partial charge in [-0.05, 0) is 12.1 Å². The largest absolute Gasteiger partial charge is 0.433 e. The maximum absolute atomic E-state index is 11.0. The maximum atomic E-state index is 11.0. The molecule has 0 fully saturated rings. The van der Waals surface area contributed by atoms with E-state index in [1.165, 1.54) is 0 Å². The molecule has 20 heavy (non-hydrogen) atoms.